The molecule has 0 fully saturated rings. The summed E-state index contributed by atoms with van der Waals surface area (Å²) in [5.74, 6) is -0.848. The summed E-state index contributed by atoms with van der Waals surface area (Å²) < 4.78 is 0. The molecule has 0 bridgehead atoms. The number of carboxylic acid groups (broad SMARTS) is 1. The monoisotopic (exact) mass is 315 g/mol. The van der Waals surface area contributed by atoms with Crippen molar-refractivity contribution in [3.63, 3.8) is 0 Å². The number of hydrogen-bond donors (Lipinski definition) is 3. The fraction of sp³-hybridized carbons (Fsp3) is 0.200. The van der Waals surface area contributed by atoms with Crippen molar-refractivity contribution in [1.82, 2.24) is 15.3 Å². The molecule has 0 aromatic carbocycles. The van der Waals surface area contributed by atoms with E-state index in [0.29, 0.717) is 17.9 Å². The second-order valence-corrected chi connectivity index (χ2v) is 4.65. The SMILES string of the molecule is CCNC(=O)Nc1cc(N(C)c2cccnc2)c(C(=O)O)cn1. The van der Waals surface area contributed by atoms with Gasteiger partial charge >= 0.3 is 12.0 Å². The third-order valence-corrected chi connectivity index (χ3v) is 3.09. The number of carbonyl (C=O) groups is 2. The molecule has 0 atom stereocenters. The molecular weight excluding hydrogens is 298 g/mol. The molecule has 8 heteroatoms. The van der Waals surface area contributed by atoms with Crippen LogP contribution in [0.25, 0.3) is 0 Å². The van der Waals surface area contributed by atoms with Crippen LogP contribution in [-0.4, -0.2) is 40.7 Å². The Morgan fingerprint density at radius 1 is 1.35 bits per heavy atom. The third kappa shape index (κ3) is 3.94. The standard InChI is InChI=1S/C15H17N5O3/c1-3-17-15(23)19-13-7-12(11(9-18-13)14(21)22)20(2)10-5-4-6-16-8-10/h4-9H,3H2,1-2H3,(H,21,22)(H2,17,18,19,23). The first kappa shape index (κ1) is 16.2. The molecule has 0 aliphatic rings. The minimum Gasteiger partial charge on any atom is -0.478 e. The van der Waals surface area contributed by atoms with Gasteiger partial charge in [-0.05, 0) is 19.1 Å². The van der Waals surface area contributed by atoms with E-state index in [1.165, 1.54) is 12.3 Å². The predicted molar refractivity (Wildman–Crippen MR) is 86.2 cm³/mol. The van der Waals surface area contributed by atoms with Gasteiger partial charge in [0.15, 0.2) is 0 Å². The highest BCUT2D eigenvalue weighted by molar-refractivity contribution is 5.97. The second-order valence-electron chi connectivity index (χ2n) is 4.65. The van der Waals surface area contributed by atoms with Crippen LogP contribution in [0.15, 0.2) is 36.8 Å². The second kappa shape index (κ2) is 7.21. The van der Waals surface area contributed by atoms with Crippen molar-refractivity contribution in [2.24, 2.45) is 0 Å². The van der Waals surface area contributed by atoms with Gasteiger partial charge < -0.3 is 15.3 Å². The van der Waals surface area contributed by atoms with Gasteiger partial charge in [0.1, 0.15) is 11.4 Å². The van der Waals surface area contributed by atoms with Crippen LogP contribution >= 0.6 is 0 Å². The number of nitrogens with zero attached hydrogens (tertiary/aromatic N) is 3. The van der Waals surface area contributed by atoms with Crippen molar-refractivity contribution in [1.29, 1.82) is 0 Å². The Bertz CT molecular complexity index is 706. The largest absolute Gasteiger partial charge is 0.478 e. The molecule has 0 spiro atoms. The number of amides is 2. The fourth-order valence-corrected chi connectivity index (χ4v) is 1.97. The van der Waals surface area contributed by atoms with Crippen LogP contribution in [-0.2, 0) is 0 Å². The molecule has 0 aliphatic heterocycles. The maximum atomic E-state index is 11.6. The molecule has 0 saturated heterocycles. The zero-order chi connectivity index (χ0) is 16.8. The highest BCUT2D eigenvalue weighted by atomic mass is 16.4. The average molecular weight is 315 g/mol. The lowest BCUT2D eigenvalue weighted by atomic mass is 10.2. The van der Waals surface area contributed by atoms with Crippen LogP contribution in [0.4, 0.5) is 22.0 Å². The van der Waals surface area contributed by atoms with Gasteiger partial charge in [-0.25, -0.2) is 14.6 Å². The number of pyridine rings is 2. The molecule has 2 aromatic heterocycles. The lowest BCUT2D eigenvalue weighted by Gasteiger charge is -2.21. The number of anilines is 3. The molecule has 0 aliphatic carbocycles. The predicted octanol–water partition coefficient (Wildman–Crippen LogP) is 2.08. The molecule has 0 saturated carbocycles. The highest BCUT2D eigenvalue weighted by Crippen LogP contribution is 2.28. The summed E-state index contributed by atoms with van der Waals surface area (Å²) in [6.07, 6.45) is 4.46. The van der Waals surface area contributed by atoms with Crippen molar-refractivity contribution in [2.75, 3.05) is 23.8 Å². The van der Waals surface area contributed by atoms with E-state index in [1.54, 1.807) is 43.4 Å². The summed E-state index contributed by atoms with van der Waals surface area (Å²) in [5.41, 5.74) is 1.13. The molecular formula is C15H17N5O3. The first-order chi connectivity index (χ1) is 11.0. The quantitative estimate of drug-likeness (QED) is 0.780. The van der Waals surface area contributed by atoms with E-state index in [4.69, 9.17) is 0 Å². The maximum absolute atomic E-state index is 11.6. The summed E-state index contributed by atoms with van der Waals surface area (Å²) >= 11 is 0. The van der Waals surface area contributed by atoms with Gasteiger partial charge in [0.2, 0.25) is 0 Å². The Balaban J connectivity index is 2.38. The van der Waals surface area contributed by atoms with E-state index in [1.807, 2.05) is 0 Å². The average Bonchev–Trinajstić information content (AvgIpc) is 2.55. The Kier molecular flexibility index (Phi) is 5.08. The normalized spacial score (nSPS) is 10.0. The first-order valence-electron chi connectivity index (χ1n) is 6.95. The van der Waals surface area contributed by atoms with E-state index in [9.17, 15) is 14.7 Å². The molecule has 0 unspecified atom stereocenters. The molecule has 23 heavy (non-hydrogen) atoms. The molecule has 2 aromatic rings. The number of urea groups is 1. The van der Waals surface area contributed by atoms with E-state index < -0.39 is 12.0 Å². The number of aromatic nitrogens is 2. The van der Waals surface area contributed by atoms with Crippen LogP contribution in [0.3, 0.4) is 0 Å². The summed E-state index contributed by atoms with van der Waals surface area (Å²) in [6, 6.07) is 4.65. The molecule has 2 rings (SSSR count). The van der Waals surface area contributed by atoms with Gasteiger partial charge in [0, 0.05) is 32.1 Å². The summed E-state index contributed by atoms with van der Waals surface area (Å²) in [4.78, 5) is 32.6. The van der Waals surface area contributed by atoms with Crippen molar-refractivity contribution < 1.29 is 14.7 Å². The smallest absolute Gasteiger partial charge is 0.339 e. The lowest BCUT2D eigenvalue weighted by molar-refractivity contribution is 0.0697. The van der Waals surface area contributed by atoms with Crippen LogP contribution in [0.1, 0.15) is 17.3 Å². The topological polar surface area (TPSA) is 107 Å². The Morgan fingerprint density at radius 3 is 2.74 bits per heavy atom. The number of hydrogen-bond acceptors (Lipinski definition) is 5. The minimum atomic E-state index is -1.10. The van der Waals surface area contributed by atoms with Crippen LogP contribution in [0, 0.1) is 0 Å². The van der Waals surface area contributed by atoms with Gasteiger partial charge in [0.25, 0.3) is 0 Å². The summed E-state index contributed by atoms with van der Waals surface area (Å²) in [5, 5.41) is 14.5. The summed E-state index contributed by atoms with van der Waals surface area (Å²) in [7, 11) is 1.72. The summed E-state index contributed by atoms with van der Waals surface area (Å²) in [6.45, 7) is 2.27. The van der Waals surface area contributed by atoms with Crippen LogP contribution in [0.5, 0.6) is 0 Å². The van der Waals surface area contributed by atoms with E-state index >= 15 is 0 Å². The fourth-order valence-electron chi connectivity index (χ4n) is 1.97. The molecule has 0 radical (unpaired) electrons. The van der Waals surface area contributed by atoms with E-state index in [0.717, 1.165) is 0 Å². The van der Waals surface area contributed by atoms with Crippen molar-refractivity contribution in [2.45, 2.75) is 6.92 Å². The maximum Gasteiger partial charge on any atom is 0.339 e. The number of aromatic carboxylic acids is 1. The first-order valence-corrected chi connectivity index (χ1v) is 6.95. The van der Waals surface area contributed by atoms with Crippen molar-refractivity contribution in [3.8, 4) is 0 Å². The molecule has 2 amide bonds. The Hall–Kier alpha value is -3.16. The number of nitrogens with one attached hydrogen (secondary N) is 2. The lowest BCUT2D eigenvalue weighted by Crippen LogP contribution is -2.28. The van der Waals surface area contributed by atoms with Gasteiger partial charge in [-0.3, -0.25) is 10.3 Å². The number of carbonyl (C=O) groups excluding carboxylic acids is 1. The molecule has 120 valence electrons. The molecule has 8 nitrogen and oxygen atoms in total. The van der Waals surface area contributed by atoms with Gasteiger partial charge in [-0.15, -0.1) is 0 Å². The third-order valence-electron chi connectivity index (χ3n) is 3.09. The minimum absolute atomic E-state index is 0.0257. The number of rotatable bonds is 5. The Morgan fingerprint density at radius 2 is 2.13 bits per heavy atom. The number of carboxylic acids is 1. The van der Waals surface area contributed by atoms with Gasteiger partial charge in [0.05, 0.1) is 17.6 Å². The molecule has 3 N–H and O–H groups in total. The zero-order valence-electron chi connectivity index (χ0n) is 12.8. The van der Waals surface area contributed by atoms with Crippen LogP contribution in [0.2, 0.25) is 0 Å². The molecule has 2 heterocycles. The van der Waals surface area contributed by atoms with E-state index in [2.05, 4.69) is 20.6 Å². The zero-order valence-corrected chi connectivity index (χ0v) is 12.8. The van der Waals surface area contributed by atoms with Crippen LogP contribution < -0.4 is 15.5 Å². The van der Waals surface area contributed by atoms with Gasteiger partial charge in [-0.1, -0.05) is 0 Å². The van der Waals surface area contributed by atoms with Crippen molar-refractivity contribution >= 4 is 29.2 Å². The van der Waals surface area contributed by atoms with E-state index in [-0.39, 0.29) is 11.4 Å². The highest BCUT2D eigenvalue weighted by Gasteiger charge is 2.17. The van der Waals surface area contributed by atoms with Crippen molar-refractivity contribution in [3.05, 3.63) is 42.4 Å². The van der Waals surface area contributed by atoms with Gasteiger partial charge in [-0.2, -0.15) is 0 Å². The Labute approximate surface area is 133 Å².